The van der Waals surface area contributed by atoms with Crippen molar-refractivity contribution in [3.8, 4) is 0 Å². The molecular weight excluding hydrogens is 365 g/mol. The zero-order valence-electron chi connectivity index (χ0n) is 12.9. The molecule has 3 unspecified atom stereocenters. The molecule has 9 heteroatoms. The summed E-state index contributed by atoms with van der Waals surface area (Å²) in [6.07, 6.45) is -3.50. The average Bonchev–Trinajstić information content (AvgIpc) is 3.01. The number of hydrogen-bond acceptors (Lipinski definition) is 3. The normalized spacial score (nSPS) is 27.8. The molecule has 1 aliphatic carbocycles. The summed E-state index contributed by atoms with van der Waals surface area (Å²) in [7, 11) is -3.67. The van der Waals surface area contributed by atoms with Gasteiger partial charge in [0.25, 0.3) is 0 Å². The molecule has 2 aliphatic rings. The summed E-state index contributed by atoms with van der Waals surface area (Å²) in [5.74, 6) is 0.485. The first-order valence-corrected chi connectivity index (χ1v) is 9.02. The summed E-state index contributed by atoms with van der Waals surface area (Å²) < 4.78 is 63.7. The van der Waals surface area contributed by atoms with Crippen molar-refractivity contribution in [3.05, 3.63) is 29.8 Å². The third-order valence-electron chi connectivity index (χ3n) is 4.84. The van der Waals surface area contributed by atoms with Gasteiger partial charge in [0.1, 0.15) is 0 Å². The Morgan fingerprint density at radius 1 is 1.12 bits per heavy atom. The van der Waals surface area contributed by atoms with Gasteiger partial charge in [0.05, 0.1) is 11.3 Å². The van der Waals surface area contributed by atoms with E-state index in [0.717, 1.165) is 12.8 Å². The zero-order chi connectivity index (χ0) is 16.8. The standard InChI is InChI=1S/C15H19F3N2O2S.ClH/c16-15(17,18)7-10-1-4-12(5-2-10)23(21,22)20-8-11-3-6-14(19)13(11)9-20;/h1-2,4-5,11,13-14H,3,6-9,19H2;1H. The number of nitrogens with two attached hydrogens (primary N) is 1. The summed E-state index contributed by atoms with van der Waals surface area (Å²) >= 11 is 0. The first kappa shape index (κ1) is 19.5. The molecule has 2 N–H and O–H groups in total. The first-order valence-electron chi connectivity index (χ1n) is 7.58. The van der Waals surface area contributed by atoms with Crippen LogP contribution in [0.5, 0.6) is 0 Å². The molecule has 24 heavy (non-hydrogen) atoms. The van der Waals surface area contributed by atoms with Gasteiger partial charge in [0, 0.05) is 19.1 Å². The maximum atomic E-state index is 12.6. The lowest BCUT2D eigenvalue weighted by Gasteiger charge is -2.19. The van der Waals surface area contributed by atoms with Gasteiger partial charge in [-0.25, -0.2) is 8.42 Å². The highest BCUT2D eigenvalue weighted by Crippen LogP contribution is 2.39. The van der Waals surface area contributed by atoms with E-state index in [9.17, 15) is 21.6 Å². The number of halogens is 4. The second-order valence-corrected chi connectivity index (χ2v) is 8.36. The van der Waals surface area contributed by atoms with E-state index in [2.05, 4.69) is 0 Å². The van der Waals surface area contributed by atoms with Crippen molar-refractivity contribution in [1.29, 1.82) is 0 Å². The third-order valence-corrected chi connectivity index (χ3v) is 6.69. The second-order valence-electron chi connectivity index (χ2n) is 6.42. The summed E-state index contributed by atoms with van der Waals surface area (Å²) in [5.41, 5.74) is 6.07. The van der Waals surface area contributed by atoms with Gasteiger partial charge < -0.3 is 5.73 Å². The topological polar surface area (TPSA) is 63.4 Å². The average molecular weight is 385 g/mol. The summed E-state index contributed by atoms with van der Waals surface area (Å²) in [6, 6.07) is 5.00. The molecule has 0 amide bonds. The van der Waals surface area contributed by atoms with E-state index in [-0.39, 0.29) is 34.8 Å². The molecule has 0 radical (unpaired) electrons. The van der Waals surface area contributed by atoms with Crippen molar-refractivity contribution in [1.82, 2.24) is 4.31 Å². The van der Waals surface area contributed by atoms with Gasteiger partial charge in [-0.1, -0.05) is 12.1 Å². The number of benzene rings is 1. The summed E-state index contributed by atoms with van der Waals surface area (Å²) in [4.78, 5) is 0.0389. The van der Waals surface area contributed by atoms with Crippen LogP contribution in [0.4, 0.5) is 13.2 Å². The molecule has 1 aliphatic heterocycles. The van der Waals surface area contributed by atoms with Crippen LogP contribution in [-0.2, 0) is 16.4 Å². The van der Waals surface area contributed by atoms with Gasteiger partial charge >= 0.3 is 6.18 Å². The first-order chi connectivity index (χ1) is 10.7. The van der Waals surface area contributed by atoms with Crippen LogP contribution in [0.15, 0.2) is 29.2 Å². The van der Waals surface area contributed by atoms with E-state index in [1.807, 2.05) is 0 Å². The Bertz CT molecular complexity index is 679. The quantitative estimate of drug-likeness (QED) is 0.871. The Kier molecular flexibility index (Phi) is 5.54. The highest BCUT2D eigenvalue weighted by molar-refractivity contribution is 7.89. The SMILES string of the molecule is Cl.NC1CCC2CN(S(=O)(=O)c3ccc(CC(F)(F)F)cc3)CC12. The van der Waals surface area contributed by atoms with Crippen molar-refractivity contribution >= 4 is 22.4 Å². The van der Waals surface area contributed by atoms with Gasteiger partial charge in [0.15, 0.2) is 0 Å². The van der Waals surface area contributed by atoms with Crippen molar-refractivity contribution in [3.63, 3.8) is 0 Å². The molecule has 1 aromatic carbocycles. The Morgan fingerprint density at radius 2 is 1.75 bits per heavy atom. The minimum Gasteiger partial charge on any atom is -0.327 e. The van der Waals surface area contributed by atoms with E-state index in [0.29, 0.717) is 19.0 Å². The van der Waals surface area contributed by atoms with Crippen LogP contribution in [0, 0.1) is 11.8 Å². The van der Waals surface area contributed by atoms with Crippen LogP contribution < -0.4 is 5.73 Å². The fourth-order valence-electron chi connectivity index (χ4n) is 3.62. The van der Waals surface area contributed by atoms with Crippen molar-refractivity contribution in [2.45, 2.75) is 36.4 Å². The molecule has 1 aromatic rings. The largest absolute Gasteiger partial charge is 0.393 e. The van der Waals surface area contributed by atoms with Gasteiger partial charge in [-0.15, -0.1) is 12.4 Å². The molecule has 0 aromatic heterocycles. The van der Waals surface area contributed by atoms with Gasteiger partial charge in [0.2, 0.25) is 10.0 Å². The lowest BCUT2D eigenvalue weighted by atomic mass is 9.98. The van der Waals surface area contributed by atoms with Crippen molar-refractivity contribution in [2.24, 2.45) is 17.6 Å². The van der Waals surface area contributed by atoms with E-state index in [4.69, 9.17) is 5.73 Å². The molecular formula is C15H20ClF3N2O2S. The minimum atomic E-state index is -4.30. The molecule has 2 fully saturated rings. The minimum absolute atomic E-state index is 0. The Morgan fingerprint density at radius 3 is 2.29 bits per heavy atom. The lowest BCUT2D eigenvalue weighted by Crippen LogP contribution is -2.33. The molecule has 1 heterocycles. The van der Waals surface area contributed by atoms with Crippen molar-refractivity contribution < 1.29 is 21.6 Å². The highest BCUT2D eigenvalue weighted by Gasteiger charge is 2.45. The van der Waals surface area contributed by atoms with E-state index >= 15 is 0 Å². The monoisotopic (exact) mass is 384 g/mol. The maximum Gasteiger partial charge on any atom is 0.393 e. The molecule has 136 valence electrons. The number of alkyl halides is 3. The van der Waals surface area contributed by atoms with Crippen LogP contribution in [-0.4, -0.2) is 38.0 Å². The number of hydrogen-bond donors (Lipinski definition) is 1. The summed E-state index contributed by atoms with van der Waals surface area (Å²) in [5, 5.41) is 0. The lowest BCUT2D eigenvalue weighted by molar-refractivity contribution is -0.127. The molecule has 0 spiro atoms. The molecule has 3 atom stereocenters. The van der Waals surface area contributed by atoms with Crippen LogP contribution in [0.2, 0.25) is 0 Å². The van der Waals surface area contributed by atoms with E-state index in [1.165, 1.54) is 28.6 Å². The fourth-order valence-corrected chi connectivity index (χ4v) is 5.16. The zero-order valence-corrected chi connectivity index (χ0v) is 14.5. The van der Waals surface area contributed by atoms with Gasteiger partial charge in [-0.3, -0.25) is 0 Å². The molecule has 1 saturated carbocycles. The number of rotatable bonds is 3. The van der Waals surface area contributed by atoms with Crippen LogP contribution in [0.1, 0.15) is 18.4 Å². The second kappa shape index (κ2) is 6.82. The van der Waals surface area contributed by atoms with Crippen LogP contribution in [0.3, 0.4) is 0 Å². The van der Waals surface area contributed by atoms with Gasteiger partial charge in [-0.05, 0) is 42.4 Å². The number of nitrogens with zero attached hydrogens (tertiary/aromatic N) is 1. The molecule has 4 nitrogen and oxygen atoms in total. The number of fused-ring (bicyclic) bond motifs is 1. The van der Waals surface area contributed by atoms with Gasteiger partial charge in [-0.2, -0.15) is 17.5 Å². The molecule has 0 bridgehead atoms. The highest BCUT2D eigenvalue weighted by atomic mass is 35.5. The predicted molar refractivity (Wildman–Crippen MR) is 86.4 cm³/mol. The predicted octanol–water partition coefficient (Wildman–Crippen LogP) is 2.57. The fraction of sp³-hybridized carbons (Fsp3) is 0.600. The Labute approximate surface area is 145 Å². The van der Waals surface area contributed by atoms with E-state index in [1.54, 1.807) is 0 Å². The Hall–Kier alpha value is -0.830. The smallest absolute Gasteiger partial charge is 0.327 e. The maximum absolute atomic E-state index is 12.6. The van der Waals surface area contributed by atoms with E-state index < -0.39 is 22.6 Å². The summed E-state index contributed by atoms with van der Waals surface area (Å²) in [6.45, 7) is 0.851. The third kappa shape index (κ3) is 3.87. The Balaban J connectivity index is 0.00000208. The molecule has 1 saturated heterocycles. The van der Waals surface area contributed by atoms with Crippen LogP contribution >= 0.6 is 12.4 Å². The molecule has 3 rings (SSSR count). The van der Waals surface area contributed by atoms with Crippen LogP contribution in [0.25, 0.3) is 0 Å². The number of sulfonamides is 1. The van der Waals surface area contributed by atoms with Crippen molar-refractivity contribution in [2.75, 3.05) is 13.1 Å².